The Kier molecular flexibility index (Phi) is 3.13. The molecule has 2 atom stereocenters. The van der Waals surface area contributed by atoms with Crippen molar-refractivity contribution >= 4 is 11.3 Å². The van der Waals surface area contributed by atoms with Gasteiger partial charge in [0, 0.05) is 4.88 Å². The predicted molar refractivity (Wildman–Crippen MR) is 68.0 cm³/mol. The van der Waals surface area contributed by atoms with E-state index in [0.717, 1.165) is 30.0 Å². The summed E-state index contributed by atoms with van der Waals surface area (Å²) in [5, 5.41) is 0.728. The number of hydrogen-bond acceptors (Lipinski definition) is 3. The summed E-state index contributed by atoms with van der Waals surface area (Å²) in [4.78, 5) is 5.76. The molecule has 1 fully saturated rings. The number of alkyl halides is 3. The van der Waals surface area contributed by atoms with Crippen LogP contribution in [-0.2, 0) is 18.4 Å². The number of halogens is 3. The summed E-state index contributed by atoms with van der Waals surface area (Å²) in [6.07, 6.45) is 0.270. The predicted octanol–water partition coefficient (Wildman–Crippen LogP) is 3.54. The number of nitrogens with zero attached hydrogens (tertiary/aromatic N) is 1. The standard InChI is InChI=1S/C13H17F3N2S/c14-13(15,16)8-3-2-6-12(17,7-8)11-18-9-4-1-5-10(9)19-11/h8H,1-7,17H2. The third-order valence-electron chi connectivity index (χ3n) is 4.27. The third-order valence-corrected chi connectivity index (χ3v) is 5.65. The molecule has 0 bridgehead atoms. The summed E-state index contributed by atoms with van der Waals surface area (Å²) < 4.78 is 38.7. The van der Waals surface area contributed by atoms with Crippen molar-refractivity contribution in [1.82, 2.24) is 4.98 Å². The van der Waals surface area contributed by atoms with E-state index in [-0.39, 0.29) is 12.8 Å². The quantitative estimate of drug-likeness (QED) is 0.859. The van der Waals surface area contributed by atoms with E-state index < -0.39 is 17.6 Å². The number of aromatic nitrogens is 1. The molecule has 2 unspecified atom stereocenters. The van der Waals surface area contributed by atoms with Crippen molar-refractivity contribution in [2.24, 2.45) is 11.7 Å². The lowest BCUT2D eigenvalue weighted by Gasteiger charge is -2.37. The van der Waals surface area contributed by atoms with Gasteiger partial charge in [0.25, 0.3) is 0 Å². The number of hydrogen-bond donors (Lipinski definition) is 1. The van der Waals surface area contributed by atoms with Gasteiger partial charge in [-0.15, -0.1) is 11.3 Å². The average molecular weight is 290 g/mol. The van der Waals surface area contributed by atoms with Gasteiger partial charge in [0.05, 0.1) is 17.2 Å². The summed E-state index contributed by atoms with van der Waals surface area (Å²) in [5.74, 6) is -1.27. The zero-order chi connectivity index (χ0) is 13.7. The topological polar surface area (TPSA) is 38.9 Å². The Morgan fingerprint density at radius 3 is 2.74 bits per heavy atom. The lowest BCUT2D eigenvalue weighted by atomic mass is 9.76. The maximum absolute atomic E-state index is 12.9. The first-order valence-corrected chi connectivity index (χ1v) is 7.55. The normalized spacial score (nSPS) is 31.5. The maximum Gasteiger partial charge on any atom is 0.391 e. The van der Waals surface area contributed by atoms with E-state index in [9.17, 15) is 13.2 Å². The molecule has 0 aliphatic heterocycles. The molecule has 2 nitrogen and oxygen atoms in total. The smallest absolute Gasteiger partial charge is 0.319 e. The number of nitrogens with two attached hydrogens (primary N) is 1. The highest BCUT2D eigenvalue weighted by atomic mass is 32.1. The van der Waals surface area contributed by atoms with Crippen LogP contribution in [0.3, 0.4) is 0 Å². The second-order valence-corrected chi connectivity index (χ2v) is 6.82. The van der Waals surface area contributed by atoms with Crippen LogP contribution in [-0.4, -0.2) is 11.2 Å². The second kappa shape index (κ2) is 4.45. The molecule has 2 aliphatic carbocycles. The van der Waals surface area contributed by atoms with Gasteiger partial charge in [0.15, 0.2) is 0 Å². The molecule has 1 aromatic heterocycles. The van der Waals surface area contributed by atoms with Crippen LogP contribution in [0.4, 0.5) is 13.2 Å². The van der Waals surface area contributed by atoms with Crippen molar-refractivity contribution in [3.05, 3.63) is 15.6 Å². The number of thiazole rings is 1. The van der Waals surface area contributed by atoms with Crippen molar-refractivity contribution in [2.45, 2.75) is 56.7 Å². The van der Waals surface area contributed by atoms with Crippen LogP contribution in [0, 0.1) is 5.92 Å². The van der Waals surface area contributed by atoms with Gasteiger partial charge in [0.1, 0.15) is 5.01 Å². The second-order valence-electron chi connectivity index (χ2n) is 5.73. The summed E-state index contributed by atoms with van der Waals surface area (Å²) in [7, 11) is 0. The third kappa shape index (κ3) is 2.40. The molecule has 1 heterocycles. The summed E-state index contributed by atoms with van der Waals surface area (Å²) in [6, 6.07) is 0. The van der Waals surface area contributed by atoms with Crippen molar-refractivity contribution in [2.75, 3.05) is 0 Å². The molecule has 19 heavy (non-hydrogen) atoms. The van der Waals surface area contributed by atoms with E-state index >= 15 is 0 Å². The van der Waals surface area contributed by atoms with Gasteiger partial charge in [-0.3, -0.25) is 0 Å². The van der Waals surface area contributed by atoms with Crippen LogP contribution in [0.25, 0.3) is 0 Å². The van der Waals surface area contributed by atoms with Crippen LogP contribution in [0.2, 0.25) is 0 Å². The van der Waals surface area contributed by atoms with E-state index in [0.29, 0.717) is 12.8 Å². The van der Waals surface area contributed by atoms with Crippen molar-refractivity contribution < 1.29 is 13.2 Å². The number of aryl methyl sites for hydroxylation is 2. The minimum absolute atomic E-state index is 0.0110. The molecule has 3 rings (SSSR count). The first-order valence-electron chi connectivity index (χ1n) is 6.73. The van der Waals surface area contributed by atoms with Gasteiger partial charge in [-0.1, -0.05) is 6.42 Å². The molecule has 1 saturated carbocycles. The number of fused-ring (bicyclic) bond motifs is 1. The van der Waals surface area contributed by atoms with Crippen molar-refractivity contribution in [1.29, 1.82) is 0 Å². The summed E-state index contributed by atoms with van der Waals surface area (Å²) in [6.45, 7) is 0. The number of rotatable bonds is 1. The Balaban J connectivity index is 1.85. The van der Waals surface area contributed by atoms with E-state index in [1.165, 1.54) is 16.2 Å². The molecule has 6 heteroatoms. The summed E-state index contributed by atoms with van der Waals surface area (Å²) in [5.41, 5.74) is 6.48. The van der Waals surface area contributed by atoms with Gasteiger partial charge < -0.3 is 5.73 Å². The Labute approximate surface area is 114 Å². The molecule has 0 saturated heterocycles. The highest BCUT2D eigenvalue weighted by molar-refractivity contribution is 7.12. The van der Waals surface area contributed by atoms with Crippen molar-refractivity contribution in [3.63, 3.8) is 0 Å². The van der Waals surface area contributed by atoms with Gasteiger partial charge in [-0.2, -0.15) is 13.2 Å². The molecule has 2 N–H and O–H groups in total. The zero-order valence-corrected chi connectivity index (χ0v) is 11.4. The van der Waals surface area contributed by atoms with Gasteiger partial charge >= 0.3 is 6.18 Å². The van der Waals surface area contributed by atoms with Crippen LogP contribution >= 0.6 is 11.3 Å². The van der Waals surface area contributed by atoms with Crippen LogP contribution in [0.1, 0.15) is 47.7 Å². The Hall–Kier alpha value is -0.620. The highest BCUT2D eigenvalue weighted by Crippen LogP contribution is 2.46. The van der Waals surface area contributed by atoms with Gasteiger partial charge in [-0.05, 0) is 38.5 Å². The molecule has 2 aliphatic rings. The zero-order valence-electron chi connectivity index (χ0n) is 10.6. The minimum Gasteiger partial charge on any atom is -0.319 e. The largest absolute Gasteiger partial charge is 0.391 e. The Morgan fingerprint density at radius 2 is 2.05 bits per heavy atom. The average Bonchev–Trinajstić information content (AvgIpc) is 2.87. The highest BCUT2D eigenvalue weighted by Gasteiger charge is 2.48. The lowest BCUT2D eigenvalue weighted by Crippen LogP contribution is -2.44. The molecular weight excluding hydrogens is 273 g/mol. The fourth-order valence-electron chi connectivity index (χ4n) is 3.18. The molecule has 1 aromatic rings. The SMILES string of the molecule is NC1(c2nc3c(s2)CCC3)CCCC(C(F)(F)F)C1. The first-order chi connectivity index (χ1) is 8.88. The van der Waals surface area contributed by atoms with Crippen LogP contribution in [0.5, 0.6) is 0 Å². The first kappa shape index (κ1) is 13.4. The summed E-state index contributed by atoms with van der Waals surface area (Å²) >= 11 is 1.54. The Bertz CT molecular complexity index is 461. The van der Waals surface area contributed by atoms with Crippen LogP contribution < -0.4 is 5.73 Å². The fraction of sp³-hybridized carbons (Fsp3) is 0.769. The molecule has 0 amide bonds. The molecule has 106 valence electrons. The lowest BCUT2D eigenvalue weighted by molar-refractivity contribution is -0.187. The maximum atomic E-state index is 12.9. The van der Waals surface area contributed by atoms with Gasteiger partial charge in [-0.25, -0.2) is 4.98 Å². The van der Waals surface area contributed by atoms with E-state index in [4.69, 9.17) is 5.73 Å². The van der Waals surface area contributed by atoms with E-state index in [2.05, 4.69) is 4.98 Å². The molecule has 0 aromatic carbocycles. The van der Waals surface area contributed by atoms with Crippen LogP contribution in [0.15, 0.2) is 0 Å². The Morgan fingerprint density at radius 1 is 1.26 bits per heavy atom. The minimum atomic E-state index is -4.13. The fourth-order valence-corrected chi connectivity index (χ4v) is 4.47. The van der Waals surface area contributed by atoms with E-state index in [1.807, 2.05) is 0 Å². The van der Waals surface area contributed by atoms with Crippen molar-refractivity contribution in [3.8, 4) is 0 Å². The van der Waals surface area contributed by atoms with Gasteiger partial charge in [0.2, 0.25) is 0 Å². The monoisotopic (exact) mass is 290 g/mol. The van der Waals surface area contributed by atoms with E-state index in [1.54, 1.807) is 0 Å². The molecular formula is C13H17F3N2S. The molecule has 0 spiro atoms. The molecule has 0 radical (unpaired) electrons.